The fourth-order valence-corrected chi connectivity index (χ4v) is 1.72. The first-order valence-corrected chi connectivity index (χ1v) is 5.82. The van der Waals surface area contributed by atoms with Crippen molar-refractivity contribution in [3.63, 3.8) is 0 Å². The SMILES string of the molecule is O=C(Cc1cccc(O)c1)Nc1cccnc1C(=O)O. The number of carboxylic acids is 1. The highest BCUT2D eigenvalue weighted by atomic mass is 16.4. The average molecular weight is 272 g/mol. The molecule has 102 valence electrons. The number of anilines is 1. The van der Waals surface area contributed by atoms with Gasteiger partial charge in [-0.15, -0.1) is 0 Å². The predicted octanol–water partition coefficient (Wildman–Crippen LogP) is 1.67. The maximum atomic E-state index is 11.9. The van der Waals surface area contributed by atoms with Gasteiger partial charge in [0.2, 0.25) is 5.91 Å². The number of carbonyl (C=O) groups is 2. The zero-order valence-corrected chi connectivity index (χ0v) is 10.4. The third-order valence-electron chi connectivity index (χ3n) is 2.56. The van der Waals surface area contributed by atoms with Crippen molar-refractivity contribution < 1.29 is 19.8 Å². The smallest absolute Gasteiger partial charge is 0.356 e. The van der Waals surface area contributed by atoms with Crippen LogP contribution in [0, 0.1) is 0 Å². The molecule has 2 aromatic rings. The molecule has 0 aliphatic carbocycles. The molecule has 1 aromatic carbocycles. The Morgan fingerprint density at radius 1 is 1.20 bits per heavy atom. The summed E-state index contributed by atoms with van der Waals surface area (Å²) < 4.78 is 0. The van der Waals surface area contributed by atoms with Crippen LogP contribution in [0.15, 0.2) is 42.6 Å². The van der Waals surface area contributed by atoms with E-state index in [2.05, 4.69) is 10.3 Å². The molecular formula is C14H12N2O4. The fourth-order valence-electron chi connectivity index (χ4n) is 1.72. The normalized spacial score (nSPS) is 10.0. The van der Waals surface area contributed by atoms with Crippen LogP contribution in [-0.4, -0.2) is 27.1 Å². The van der Waals surface area contributed by atoms with Crippen LogP contribution in [0.1, 0.15) is 16.1 Å². The summed E-state index contributed by atoms with van der Waals surface area (Å²) in [6.45, 7) is 0. The van der Waals surface area contributed by atoms with Crippen LogP contribution in [0.5, 0.6) is 5.75 Å². The molecule has 6 nitrogen and oxygen atoms in total. The highest BCUT2D eigenvalue weighted by Crippen LogP contribution is 2.14. The number of aromatic hydroxyl groups is 1. The number of nitrogens with zero attached hydrogens (tertiary/aromatic N) is 1. The molecule has 6 heteroatoms. The third kappa shape index (κ3) is 3.32. The summed E-state index contributed by atoms with van der Waals surface area (Å²) >= 11 is 0. The molecule has 0 aliphatic rings. The molecule has 3 N–H and O–H groups in total. The van der Waals surface area contributed by atoms with Crippen molar-refractivity contribution in [1.29, 1.82) is 0 Å². The maximum absolute atomic E-state index is 11.9. The van der Waals surface area contributed by atoms with Crippen LogP contribution in [0.3, 0.4) is 0 Å². The average Bonchev–Trinajstić information content (AvgIpc) is 2.38. The van der Waals surface area contributed by atoms with Crippen LogP contribution in [0.2, 0.25) is 0 Å². The van der Waals surface area contributed by atoms with E-state index in [1.165, 1.54) is 30.5 Å². The molecule has 20 heavy (non-hydrogen) atoms. The van der Waals surface area contributed by atoms with Crippen molar-refractivity contribution in [3.05, 3.63) is 53.9 Å². The van der Waals surface area contributed by atoms with Gasteiger partial charge in [0, 0.05) is 6.20 Å². The van der Waals surface area contributed by atoms with Gasteiger partial charge in [-0.05, 0) is 29.8 Å². The van der Waals surface area contributed by atoms with E-state index < -0.39 is 5.97 Å². The largest absolute Gasteiger partial charge is 0.508 e. The first-order valence-electron chi connectivity index (χ1n) is 5.82. The lowest BCUT2D eigenvalue weighted by Crippen LogP contribution is -2.17. The van der Waals surface area contributed by atoms with Crippen molar-refractivity contribution in [2.75, 3.05) is 5.32 Å². The Kier molecular flexibility index (Phi) is 3.95. The van der Waals surface area contributed by atoms with Gasteiger partial charge in [-0.2, -0.15) is 0 Å². The second kappa shape index (κ2) is 5.83. The van der Waals surface area contributed by atoms with E-state index in [4.69, 9.17) is 5.11 Å². The molecule has 0 spiro atoms. The van der Waals surface area contributed by atoms with Crippen molar-refractivity contribution in [1.82, 2.24) is 4.98 Å². The first kappa shape index (κ1) is 13.5. The molecule has 2 rings (SSSR count). The lowest BCUT2D eigenvalue weighted by molar-refractivity contribution is -0.115. The third-order valence-corrected chi connectivity index (χ3v) is 2.56. The van der Waals surface area contributed by atoms with Crippen LogP contribution in [0.25, 0.3) is 0 Å². The Labute approximate surface area is 114 Å². The van der Waals surface area contributed by atoms with E-state index in [1.54, 1.807) is 12.1 Å². The Morgan fingerprint density at radius 2 is 2.00 bits per heavy atom. The van der Waals surface area contributed by atoms with Crippen LogP contribution in [0.4, 0.5) is 5.69 Å². The summed E-state index contributed by atoms with van der Waals surface area (Å²) in [4.78, 5) is 26.5. The summed E-state index contributed by atoms with van der Waals surface area (Å²) in [6.07, 6.45) is 1.37. The number of rotatable bonds is 4. The molecule has 0 saturated carbocycles. The van der Waals surface area contributed by atoms with E-state index in [9.17, 15) is 14.7 Å². The Hall–Kier alpha value is -2.89. The Morgan fingerprint density at radius 3 is 2.70 bits per heavy atom. The standard InChI is InChI=1S/C14H12N2O4/c17-10-4-1-3-9(7-10)8-12(18)16-11-5-2-6-15-13(11)14(19)20/h1-7,17H,8H2,(H,16,18)(H,19,20). The van der Waals surface area contributed by atoms with Gasteiger partial charge in [0.05, 0.1) is 12.1 Å². The molecule has 1 amide bonds. The van der Waals surface area contributed by atoms with E-state index in [0.717, 1.165) is 0 Å². The van der Waals surface area contributed by atoms with Gasteiger partial charge in [0.1, 0.15) is 5.75 Å². The first-order chi connectivity index (χ1) is 9.56. The number of carbonyl (C=O) groups excluding carboxylic acids is 1. The van der Waals surface area contributed by atoms with E-state index in [-0.39, 0.29) is 29.5 Å². The quantitative estimate of drug-likeness (QED) is 0.786. The predicted molar refractivity (Wildman–Crippen MR) is 71.6 cm³/mol. The number of aromatic carboxylic acids is 1. The summed E-state index contributed by atoms with van der Waals surface area (Å²) in [5.41, 5.74) is 0.560. The molecule has 1 aromatic heterocycles. The number of pyridine rings is 1. The van der Waals surface area contributed by atoms with Crippen molar-refractivity contribution in [3.8, 4) is 5.75 Å². The molecule has 1 heterocycles. The van der Waals surface area contributed by atoms with Gasteiger partial charge in [0.15, 0.2) is 5.69 Å². The molecule has 0 aliphatic heterocycles. The minimum Gasteiger partial charge on any atom is -0.508 e. The number of carboxylic acid groups (broad SMARTS) is 1. The van der Waals surface area contributed by atoms with Gasteiger partial charge in [-0.25, -0.2) is 9.78 Å². The van der Waals surface area contributed by atoms with Crippen LogP contribution in [-0.2, 0) is 11.2 Å². The van der Waals surface area contributed by atoms with E-state index >= 15 is 0 Å². The lowest BCUT2D eigenvalue weighted by Gasteiger charge is -2.07. The van der Waals surface area contributed by atoms with Crippen LogP contribution >= 0.6 is 0 Å². The Bertz CT molecular complexity index is 655. The van der Waals surface area contributed by atoms with E-state index in [1.807, 2.05) is 0 Å². The van der Waals surface area contributed by atoms with Crippen LogP contribution < -0.4 is 5.32 Å². The second-order valence-electron chi connectivity index (χ2n) is 4.10. The van der Waals surface area contributed by atoms with E-state index in [0.29, 0.717) is 5.56 Å². The minimum atomic E-state index is -1.21. The number of nitrogens with one attached hydrogen (secondary N) is 1. The number of phenols is 1. The molecule has 0 fully saturated rings. The number of hydrogen-bond donors (Lipinski definition) is 3. The molecule has 0 radical (unpaired) electrons. The summed E-state index contributed by atoms with van der Waals surface area (Å²) in [7, 11) is 0. The molecular weight excluding hydrogens is 260 g/mol. The topological polar surface area (TPSA) is 99.5 Å². The van der Waals surface area contributed by atoms with Gasteiger partial charge in [-0.1, -0.05) is 12.1 Å². The van der Waals surface area contributed by atoms with Gasteiger partial charge < -0.3 is 15.5 Å². The van der Waals surface area contributed by atoms with Gasteiger partial charge in [0.25, 0.3) is 0 Å². The summed E-state index contributed by atoms with van der Waals surface area (Å²) in [6, 6.07) is 9.31. The van der Waals surface area contributed by atoms with Crippen molar-refractivity contribution in [2.45, 2.75) is 6.42 Å². The molecule has 0 saturated heterocycles. The minimum absolute atomic E-state index is 0.0301. The van der Waals surface area contributed by atoms with Gasteiger partial charge >= 0.3 is 5.97 Å². The molecule has 0 atom stereocenters. The fraction of sp³-hybridized carbons (Fsp3) is 0.0714. The zero-order chi connectivity index (χ0) is 14.5. The monoisotopic (exact) mass is 272 g/mol. The number of benzene rings is 1. The number of amides is 1. The van der Waals surface area contributed by atoms with Crippen molar-refractivity contribution >= 4 is 17.6 Å². The lowest BCUT2D eigenvalue weighted by atomic mass is 10.1. The molecule has 0 bridgehead atoms. The van der Waals surface area contributed by atoms with Crippen molar-refractivity contribution in [2.24, 2.45) is 0 Å². The second-order valence-corrected chi connectivity index (χ2v) is 4.10. The summed E-state index contributed by atoms with van der Waals surface area (Å²) in [5, 5.41) is 20.8. The zero-order valence-electron chi connectivity index (χ0n) is 10.4. The maximum Gasteiger partial charge on any atom is 0.356 e. The number of hydrogen-bond acceptors (Lipinski definition) is 4. The number of phenolic OH excluding ortho intramolecular Hbond substituents is 1. The van der Waals surface area contributed by atoms with Gasteiger partial charge in [-0.3, -0.25) is 4.79 Å². The molecule has 0 unspecified atom stereocenters. The highest BCUT2D eigenvalue weighted by molar-refractivity contribution is 5.99. The highest BCUT2D eigenvalue weighted by Gasteiger charge is 2.13. The Balaban J connectivity index is 2.11. The number of aromatic nitrogens is 1. The summed E-state index contributed by atoms with van der Waals surface area (Å²) in [5.74, 6) is -1.52.